The average Bonchev–Trinajstić information content (AvgIpc) is 3.46. The van der Waals surface area contributed by atoms with Crippen LogP contribution in [0.1, 0.15) is 69.0 Å². The number of nitrogens with one attached hydrogen (secondary N) is 2. The van der Waals surface area contributed by atoms with Crippen molar-refractivity contribution < 1.29 is 33.3 Å². The molecule has 3 aromatic carbocycles. The standard InChI is InChI=1S/C42H45ClN7O7P/c1-57-34-24-28(14-13-26(34)23-36-45-25-30(43)32(46-36)22-27-8-4-5-11-35(27)58(2,3)56)48-18-20-49(21-19-48)38(52)12-7-17-44-31-10-6-9-29-39(31)42(55)50(41(29)54)33-15-16-37(51)47-40(33)53/h4-6,8-11,13-14,24-25,33,44H,7,12,15-23H2,1-3H3,(H,47,51,53). The highest BCUT2D eigenvalue weighted by molar-refractivity contribution is 7.70. The van der Waals surface area contributed by atoms with Crippen LogP contribution in [-0.4, -0.2) is 109 Å². The fourth-order valence-electron chi connectivity index (χ4n) is 7.76. The van der Waals surface area contributed by atoms with Crippen LogP contribution in [0.2, 0.25) is 5.02 Å². The van der Waals surface area contributed by atoms with Gasteiger partial charge in [-0.25, -0.2) is 9.97 Å². The summed E-state index contributed by atoms with van der Waals surface area (Å²) in [5.41, 5.74) is 4.34. The summed E-state index contributed by atoms with van der Waals surface area (Å²) in [5, 5.41) is 6.68. The van der Waals surface area contributed by atoms with E-state index >= 15 is 0 Å². The largest absolute Gasteiger partial charge is 0.496 e. The first-order chi connectivity index (χ1) is 27.8. The molecule has 16 heteroatoms. The Morgan fingerprint density at radius 1 is 0.966 bits per heavy atom. The Kier molecular flexibility index (Phi) is 12.0. The zero-order valence-electron chi connectivity index (χ0n) is 32.6. The van der Waals surface area contributed by atoms with Gasteiger partial charge < -0.3 is 24.4 Å². The van der Waals surface area contributed by atoms with Crippen LogP contribution < -0.4 is 25.6 Å². The van der Waals surface area contributed by atoms with Crippen LogP contribution >= 0.6 is 18.7 Å². The van der Waals surface area contributed by atoms with E-state index in [9.17, 15) is 28.5 Å². The Morgan fingerprint density at radius 3 is 2.48 bits per heavy atom. The number of piperidine rings is 1. The fourth-order valence-corrected chi connectivity index (χ4v) is 9.21. The summed E-state index contributed by atoms with van der Waals surface area (Å²) >= 11 is 6.53. The second-order valence-corrected chi connectivity index (χ2v) is 18.6. The molecule has 7 rings (SSSR count). The maximum atomic E-state index is 13.4. The molecular weight excluding hydrogens is 781 g/mol. The maximum absolute atomic E-state index is 13.4. The molecule has 302 valence electrons. The van der Waals surface area contributed by atoms with E-state index in [1.165, 1.54) is 0 Å². The molecule has 5 amide bonds. The first-order valence-electron chi connectivity index (χ1n) is 19.2. The summed E-state index contributed by atoms with van der Waals surface area (Å²) in [7, 11) is -0.869. The molecule has 4 heterocycles. The Labute approximate surface area is 341 Å². The molecule has 2 saturated heterocycles. The minimum absolute atomic E-state index is 0.0344. The van der Waals surface area contributed by atoms with Crippen molar-refractivity contribution in [1.29, 1.82) is 0 Å². The molecule has 0 spiro atoms. The molecule has 1 unspecified atom stereocenters. The number of rotatable bonds is 13. The predicted molar refractivity (Wildman–Crippen MR) is 221 cm³/mol. The van der Waals surface area contributed by atoms with Crippen LogP contribution in [0.5, 0.6) is 5.75 Å². The number of hydrogen-bond donors (Lipinski definition) is 2. The Bertz CT molecular complexity index is 2340. The van der Waals surface area contributed by atoms with Crippen LogP contribution in [0.25, 0.3) is 0 Å². The summed E-state index contributed by atoms with van der Waals surface area (Å²) in [6, 6.07) is 17.6. The SMILES string of the molecule is COc1cc(N2CCN(C(=O)CCCNc3cccc4c3C(=O)N(C3CCC(=O)NC3=O)C4=O)CC2)ccc1Cc1ncc(Cl)c(Cc2ccccc2P(C)(C)=O)n1. The molecule has 58 heavy (non-hydrogen) atoms. The minimum Gasteiger partial charge on any atom is -0.496 e. The topological polar surface area (TPSA) is 171 Å². The van der Waals surface area contributed by atoms with Gasteiger partial charge in [0.25, 0.3) is 11.8 Å². The number of methoxy groups -OCH3 is 1. The van der Waals surface area contributed by atoms with Crippen molar-refractivity contribution in [2.75, 3.05) is 63.4 Å². The first kappa shape index (κ1) is 40.6. The zero-order chi connectivity index (χ0) is 41.1. The highest BCUT2D eigenvalue weighted by atomic mass is 35.5. The second kappa shape index (κ2) is 17.1. The lowest BCUT2D eigenvalue weighted by Gasteiger charge is -2.36. The van der Waals surface area contributed by atoms with Gasteiger partial charge in [-0.05, 0) is 49.9 Å². The summed E-state index contributed by atoms with van der Waals surface area (Å²) in [6.07, 6.45) is 3.41. The number of benzene rings is 3. The number of imide groups is 2. The Balaban J connectivity index is 0.906. The number of nitrogens with zero attached hydrogens (tertiary/aromatic N) is 5. The Morgan fingerprint density at radius 2 is 1.74 bits per heavy atom. The molecular formula is C42H45ClN7O7P. The van der Waals surface area contributed by atoms with Crippen LogP contribution in [-0.2, 0) is 31.8 Å². The summed E-state index contributed by atoms with van der Waals surface area (Å²) in [4.78, 5) is 78.1. The van der Waals surface area contributed by atoms with E-state index in [2.05, 4.69) is 20.5 Å². The quantitative estimate of drug-likeness (QED) is 0.111. The number of carbonyl (C=O) groups excluding carboxylic acids is 5. The van der Waals surface area contributed by atoms with Crippen LogP contribution in [0, 0.1) is 0 Å². The van der Waals surface area contributed by atoms with Gasteiger partial charge in [0.1, 0.15) is 24.8 Å². The molecule has 0 saturated carbocycles. The number of amides is 5. The third-order valence-corrected chi connectivity index (χ3v) is 12.7. The molecule has 1 aromatic heterocycles. The molecule has 14 nitrogen and oxygen atoms in total. The molecule has 4 aromatic rings. The van der Waals surface area contributed by atoms with Crippen molar-refractivity contribution in [1.82, 2.24) is 25.1 Å². The lowest BCUT2D eigenvalue weighted by molar-refractivity contribution is -0.136. The van der Waals surface area contributed by atoms with Gasteiger partial charge in [-0.1, -0.05) is 48.0 Å². The van der Waals surface area contributed by atoms with E-state index in [-0.39, 0.29) is 29.9 Å². The van der Waals surface area contributed by atoms with Crippen molar-refractivity contribution in [3.05, 3.63) is 106 Å². The highest BCUT2D eigenvalue weighted by Crippen LogP contribution is 2.37. The number of carbonyl (C=O) groups is 5. The number of anilines is 2. The smallest absolute Gasteiger partial charge is 0.264 e. The van der Waals surface area contributed by atoms with Gasteiger partial charge >= 0.3 is 0 Å². The first-order valence-corrected chi connectivity index (χ1v) is 22.2. The third-order valence-electron chi connectivity index (χ3n) is 10.8. The number of fused-ring (bicyclic) bond motifs is 1. The minimum atomic E-state index is -2.50. The van der Waals surface area contributed by atoms with Gasteiger partial charge in [-0.3, -0.25) is 34.2 Å². The van der Waals surface area contributed by atoms with Gasteiger partial charge in [-0.15, -0.1) is 0 Å². The van der Waals surface area contributed by atoms with Gasteiger partial charge in [0.2, 0.25) is 17.7 Å². The van der Waals surface area contributed by atoms with Crippen molar-refractivity contribution >= 4 is 65.0 Å². The van der Waals surface area contributed by atoms with Crippen LogP contribution in [0.15, 0.2) is 66.9 Å². The van der Waals surface area contributed by atoms with E-state index in [0.29, 0.717) is 86.4 Å². The van der Waals surface area contributed by atoms with E-state index in [1.54, 1.807) is 44.8 Å². The number of hydrogen-bond acceptors (Lipinski definition) is 11. The molecule has 3 aliphatic heterocycles. The number of aromatic nitrogens is 2. The van der Waals surface area contributed by atoms with Gasteiger partial charge in [0, 0.05) is 92.9 Å². The molecule has 0 aliphatic carbocycles. The summed E-state index contributed by atoms with van der Waals surface area (Å²) in [5.74, 6) is -0.903. The van der Waals surface area contributed by atoms with E-state index < -0.39 is 36.8 Å². The molecule has 2 N–H and O–H groups in total. The normalized spacial score (nSPS) is 17.0. The predicted octanol–water partition coefficient (Wildman–Crippen LogP) is 4.51. The summed E-state index contributed by atoms with van der Waals surface area (Å²) in [6.45, 7) is 6.33. The van der Waals surface area contributed by atoms with Gasteiger partial charge in [0.15, 0.2) is 0 Å². The molecule has 1 atom stereocenters. The van der Waals surface area contributed by atoms with Gasteiger partial charge in [0.05, 0.1) is 29.0 Å². The third kappa shape index (κ3) is 8.63. The monoisotopic (exact) mass is 825 g/mol. The summed E-state index contributed by atoms with van der Waals surface area (Å²) < 4.78 is 18.7. The lowest BCUT2D eigenvalue weighted by atomic mass is 10.0. The second-order valence-electron chi connectivity index (χ2n) is 15.0. The number of ether oxygens (including phenoxy) is 1. The zero-order valence-corrected chi connectivity index (χ0v) is 34.3. The molecule has 0 bridgehead atoms. The van der Waals surface area contributed by atoms with E-state index in [1.807, 2.05) is 47.4 Å². The molecule has 2 fully saturated rings. The molecule has 3 aliphatic rings. The number of piperazine rings is 1. The van der Waals surface area contributed by atoms with Gasteiger partial charge in [-0.2, -0.15) is 0 Å². The van der Waals surface area contributed by atoms with Crippen molar-refractivity contribution in [3.63, 3.8) is 0 Å². The van der Waals surface area contributed by atoms with Crippen molar-refractivity contribution in [3.8, 4) is 5.75 Å². The van der Waals surface area contributed by atoms with E-state index in [4.69, 9.17) is 21.3 Å². The fraction of sp³-hybridized carbons (Fsp3) is 0.357. The van der Waals surface area contributed by atoms with Crippen molar-refractivity contribution in [2.45, 2.75) is 44.6 Å². The maximum Gasteiger partial charge on any atom is 0.264 e. The Hall–Kier alpha value is -5.59. The van der Waals surface area contributed by atoms with E-state index in [0.717, 1.165) is 27.0 Å². The van der Waals surface area contributed by atoms with Crippen LogP contribution in [0.4, 0.5) is 11.4 Å². The average molecular weight is 826 g/mol. The number of halogens is 1. The van der Waals surface area contributed by atoms with Crippen molar-refractivity contribution in [2.24, 2.45) is 0 Å². The lowest BCUT2D eigenvalue weighted by Crippen LogP contribution is -2.54. The highest BCUT2D eigenvalue weighted by Gasteiger charge is 2.45. The van der Waals surface area contributed by atoms with Crippen LogP contribution in [0.3, 0.4) is 0 Å². The molecule has 0 radical (unpaired) electrons.